The van der Waals surface area contributed by atoms with Crippen LogP contribution in [-0.2, 0) is 11.2 Å². The lowest BCUT2D eigenvalue weighted by molar-refractivity contribution is -0.129. The summed E-state index contributed by atoms with van der Waals surface area (Å²) in [7, 11) is 0. The van der Waals surface area contributed by atoms with Crippen molar-refractivity contribution in [1.82, 2.24) is 5.32 Å². The molecular formula is C16H22INO. The fraction of sp³-hybridized carbons (Fsp3) is 0.562. The fourth-order valence-corrected chi connectivity index (χ4v) is 3.37. The van der Waals surface area contributed by atoms with Crippen LogP contribution in [-0.4, -0.2) is 18.9 Å². The normalized spacial score (nSPS) is 23.3. The first kappa shape index (κ1) is 15.0. The Bertz CT molecular complexity index is 415. The van der Waals surface area contributed by atoms with Gasteiger partial charge in [0.15, 0.2) is 0 Å². The number of Topliss-reactive ketones (excluding diaryl/α,β-unsaturated/α-hetero) is 1. The second-order valence-electron chi connectivity index (χ2n) is 5.54. The molecule has 1 aromatic rings. The second-order valence-corrected chi connectivity index (χ2v) is 6.78. The molecule has 0 aromatic heterocycles. The maximum absolute atomic E-state index is 12.7. The number of carbonyl (C=O) groups is 1. The van der Waals surface area contributed by atoms with E-state index in [0.717, 1.165) is 44.3 Å². The second kappa shape index (κ2) is 6.84. The highest BCUT2D eigenvalue weighted by Gasteiger charge is 2.37. The molecule has 0 spiro atoms. The third kappa shape index (κ3) is 3.78. The van der Waals surface area contributed by atoms with E-state index in [1.54, 1.807) is 0 Å². The number of benzene rings is 1. The van der Waals surface area contributed by atoms with Gasteiger partial charge in [0.1, 0.15) is 5.78 Å². The standard InChI is InChI=1S/C16H22INO/c1-2-8-16(9-3-10-18-12-16)15(19)11-13-4-6-14(17)7-5-13/h4-7,18H,2-3,8-12H2,1H3. The van der Waals surface area contributed by atoms with E-state index < -0.39 is 0 Å². The molecule has 1 atom stereocenters. The summed E-state index contributed by atoms with van der Waals surface area (Å²) < 4.78 is 1.22. The molecule has 0 aliphatic carbocycles. The number of piperidine rings is 1. The molecule has 0 saturated carbocycles. The fourth-order valence-electron chi connectivity index (χ4n) is 3.01. The smallest absolute Gasteiger partial charge is 0.144 e. The molecule has 0 radical (unpaired) electrons. The van der Waals surface area contributed by atoms with Gasteiger partial charge in [0, 0.05) is 22.0 Å². The molecule has 1 unspecified atom stereocenters. The predicted molar refractivity (Wildman–Crippen MR) is 87.3 cm³/mol. The summed E-state index contributed by atoms with van der Waals surface area (Å²) in [6.45, 7) is 4.10. The third-order valence-electron chi connectivity index (χ3n) is 4.07. The van der Waals surface area contributed by atoms with Gasteiger partial charge in [-0.15, -0.1) is 0 Å². The first-order chi connectivity index (χ1) is 9.16. The van der Waals surface area contributed by atoms with E-state index in [-0.39, 0.29) is 5.41 Å². The van der Waals surface area contributed by atoms with E-state index in [2.05, 4.69) is 59.1 Å². The molecule has 104 valence electrons. The number of hydrogen-bond donors (Lipinski definition) is 1. The Hall–Kier alpha value is -0.420. The van der Waals surface area contributed by atoms with Gasteiger partial charge in [0.2, 0.25) is 0 Å². The minimum atomic E-state index is -0.115. The highest BCUT2D eigenvalue weighted by molar-refractivity contribution is 14.1. The van der Waals surface area contributed by atoms with Gasteiger partial charge in [-0.3, -0.25) is 4.79 Å². The van der Waals surface area contributed by atoms with Crippen molar-refractivity contribution in [2.45, 2.75) is 39.0 Å². The zero-order valence-electron chi connectivity index (χ0n) is 11.5. The molecule has 2 nitrogen and oxygen atoms in total. The summed E-state index contributed by atoms with van der Waals surface area (Å²) >= 11 is 2.29. The van der Waals surface area contributed by atoms with E-state index >= 15 is 0 Å². The van der Waals surface area contributed by atoms with Crippen LogP contribution in [0.2, 0.25) is 0 Å². The van der Waals surface area contributed by atoms with E-state index in [1.807, 2.05) is 0 Å². The summed E-state index contributed by atoms with van der Waals surface area (Å²) in [6.07, 6.45) is 4.86. The summed E-state index contributed by atoms with van der Waals surface area (Å²) in [6, 6.07) is 8.31. The van der Waals surface area contributed by atoms with Crippen LogP contribution in [0.3, 0.4) is 0 Å². The molecule has 1 saturated heterocycles. The summed E-state index contributed by atoms with van der Waals surface area (Å²) in [5.41, 5.74) is 1.03. The van der Waals surface area contributed by atoms with Gasteiger partial charge >= 0.3 is 0 Å². The van der Waals surface area contributed by atoms with E-state index in [4.69, 9.17) is 0 Å². The van der Waals surface area contributed by atoms with Gasteiger partial charge in [0.05, 0.1) is 0 Å². The maximum Gasteiger partial charge on any atom is 0.144 e. The summed E-state index contributed by atoms with van der Waals surface area (Å²) in [5.74, 6) is 0.419. The zero-order valence-corrected chi connectivity index (χ0v) is 13.7. The topological polar surface area (TPSA) is 29.1 Å². The maximum atomic E-state index is 12.7. The van der Waals surface area contributed by atoms with Crippen LogP contribution >= 0.6 is 22.6 Å². The lowest BCUT2D eigenvalue weighted by Crippen LogP contribution is -2.46. The Kier molecular flexibility index (Phi) is 5.39. The molecule has 2 rings (SSSR count). The van der Waals surface area contributed by atoms with Crippen molar-refractivity contribution in [3.05, 3.63) is 33.4 Å². The summed E-state index contributed by atoms with van der Waals surface area (Å²) in [4.78, 5) is 12.7. The molecule has 0 bridgehead atoms. The molecule has 0 amide bonds. The van der Waals surface area contributed by atoms with Crippen molar-refractivity contribution >= 4 is 28.4 Å². The van der Waals surface area contributed by atoms with Gasteiger partial charge in [-0.2, -0.15) is 0 Å². The molecule has 1 aromatic carbocycles. The van der Waals surface area contributed by atoms with E-state index in [0.29, 0.717) is 12.2 Å². The van der Waals surface area contributed by atoms with Crippen LogP contribution < -0.4 is 5.32 Å². The molecule has 1 fully saturated rings. The molecule has 1 N–H and O–H groups in total. The van der Waals surface area contributed by atoms with Crippen LogP contribution in [0.5, 0.6) is 0 Å². The predicted octanol–water partition coefficient (Wildman–Crippen LogP) is 3.57. The van der Waals surface area contributed by atoms with Crippen LogP contribution in [0.15, 0.2) is 24.3 Å². The molecule has 1 aliphatic rings. The molecule has 3 heteroatoms. The molecule has 1 heterocycles. The van der Waals surface area contributed by atoms with E-state index in [9.17, 15) is 4.79 Å². The monoisotopic (exact) mass is 371 g/mol. The third-order valence-corrected chi connectivity index (χ3v) is 4.79. The van der Waals surface area contributed by atoms with Crippen molar-refractivity contribution in [3.63, 3.8) is 0 Å². The van der Waals surface area contributed by atoms with Gasteiger partial charge in [-0.05, 0) is 66.1 Å². The quantitative estimate of drug-likeness (QED) is 0.802. The van der Waals surface area contributed by atoms with Crippen molar-refractivity contribution in [1.29, 1.82) is 0 Å². The number of halogens is 1. The summed E-state index contributed by atoms with van der Waals surface area (Å²) in [5, 5.41) is 3.41. The molecule has 1 aliphatic heterocycles. The minimum Gasteiger partial charge on any atom is -0.316 e. The number of rotatable bonds is 5. The largest absolute Gasteiger partial charge is 0.316 e. The Morgan fingerprint density at radius 3 is 2.68 bits per heavy atom. The molecule has 19 heavy (non-hydrogen) atoms. The average molecular weight is 371 g/mol. The van der Waals surface area contributed by atoms with E-state index in [1.165, 1.54) is 3.57 Å². The van der Waals surface area contributed by atoms with Crippen molar-refractivity contribution < 1.29 is 4.79 Å². The van der Waals surface area contributed by atoms with Crippen LogP contribution in [0, 0.1) is 8.99 Å². The zero-order chi connectivity index (χ0) is 13.7. The highest BCUT2D eigenvalue weighted by Crippen LogP contribution is 2.33. The van der Waals surface area contributed by atoms with Crippen molar-refractivity contribution in [2.24, 2.45) is 5.41 Å². The van der Waals surface area contributed by atoms with Gasteiger partial charge < -0.3 is 5.32 Å². The first-order valence-electron chi connectivity index (χ1n) is 7.15. The number of nitrogens with one attached hydrogen (secondary N) is 1. The highest BCUT2D eigenvalue weighted by atomic mass is 127. The van der Waals surface area contributed by atoms with Gasteiger partial charge in [-0.25, -0.2) is 0 Å². The van der Waals surface area contributed by atoms with Crippen LogP contribution in [0.1, 0.15) is 38.2 Å². The lowest BCUT2D eigenvalue weighted by atomic mass is 9.72. The Balaban J connectivity index is 2.09. The number of hydrogen-bond acceptors (Lipinski definition) is 2. The minimum absolute atomic E-state index is 0.115. The lowest BCUT2D eigenvalue weighted by Gasteiger charge is -2.36. The number of ketones is 1. The molecular weight excluding hydrogens is 349 g/mol. The van der Waals surface area contributed by atoms with Crippen LogP contribution in [0.25, 0.3) is 0 Å². The SMILES string of the molecule is CCCC1(C(=O)Cc2ccc(I)cc2)CCCNC1. The van der Waals surface area contributed by atoms with Crippen LogP contribution in [0.4, 0.5) is 0 Å². The van der Waals surface area contributed by atoms with Gasteiger partial charge in [-0.1, -0.05) is 25.5 Å². The van der Waals surface area contributed by atoms with Crippen molar-refractivity contribution in [3.8, 4) is 0 Å². The van der Waals surface area contributed by atoms with Gasteiger partial charge in [0.25, 0.3) is 0 Å². The number of carbonyl (C=O) groups excluding carboxylic acids is 1. The van der Waals surface area contributed by atoms with Crippen molar-refractivity contribution in [2.75, 3.05) is 13.1 Å². The Labute approximate surface area is 129 Å². The first-order valence-corrected chi connectivity index (χ1v) is 8.23. The Morgan fingerprint density at radius 2 is 2.11 bits per heavy atom. The average Bonchev–Trinajstić information content (AvgIpc) is 2.43. The Morgan fingerprint density at radius 1 is 1.37 bits per heavy atom.